The molecule has 21 heavy (non-hydrogen) atoms. The first kappa shape index (κ1) is 14.5. The lowest BCUT2D eigenvalue weighted by atomic mass is 9.85. The zero-order chi connectivity index (χ0) is 14.8. The van der Waals surface area contributed by atoms with Gasteiger partial charge in [0.15, 0.2) is 11.9 Å². The van der Waals surface area contributed by atoms with Crippen LogP contribution in [0.25, 0.3) is 0 Å². The van der Waals surface area contributed by atoms with Gasteiger partial charge in [-0.15, -0.1) is 0 Å². The van der Waals surface area contributed by atoms with Crippen molar-refractivity contribution in [1.29, 1.82) is 0 Å². The van der Waals surface area contributed by atoms with Crippen molar-refractivity contribution in [3.05, 3.63) is 23.4 Å². The first-order chi connectivity index (χ1) is 10.2. The van der Waals surface area contributed by atoms with Gasteiger partial charge in [0, 0.05) is 31.8 Å². The maximum Gasteiger partial charge on any atom is 0.157 e. The van der Waals surface area contributed by atoms with Gasteiger partial charge >= 0.3 is 0 Å². The second-order valence-corrected chi connectivity index (χ2v) is 6.05. The molecule has 1 N–H and O–H groups in total. The summed E-state index contributed by atoms with van der Waals surface area (Å²) in [6, 6.07) is 0.245. The lowest BCUT2D eigenvalue weighted by Gasteiger charge is -2.45. The SMILES string of the molecule is CCCCNN1C=C2CC(=O)CN(C)C2C2=CCC=NC21. The number of nitrogens with one attached hydrogen (secondary N) is 1. The molecule has 0 saturated carbocycles. The number of rotatable bonds is 4. The summed E-state index contributed by atoms with van der Waals surface area (Å²) in [6.45, 7) is 3.66. The standard InChI is InChI=1S/C16H24N4O/c1-3-4-8-18-20-10-12-9-13(21)11-19(2)15(12)14-6-5-7-17-16(14)20/h6-7,10,15-16,18H,3-5,8-9,11H2,1-2H3. The number of carbonyl (C=O) groups is 1. The van der Waals surface area contributed by atoms with E-state index in [2.05, 4.69) is 39.5 Å². The van der Waals surface area contributed by atoms with Crippen molar-refractivity contribution in [3.63, 3.8) is 0 Å². The fourth-order valence-corrected chi connectivity index (χ4v) is 3.41. The van der Waals surface area contributed by atoms with E-state index in [0.717, 1.165) is 25.8 Å². The fourth-order valence-electron chi connectivity index (χ4n) is 3.41. The number of ketones is 1. The molecule has 0 aliphatic carbocycles. The van der Waals surface area contributed by atoms with Crippen molar-refractivity contribution in [2.24, 2.45) is 4.99 Å². The predicted molar refractivity (Wildman–Crippen MR) is 83.9 cm³/mol. The van der Waals surface area contributed by atoms with Crippen LogP contribution in [0.2, 0.25) is 0 Å². The molecule has 5 nitrogen and oxygen atoms in total. The molecule has 1 fully saturated rings. The smallest absolute Gasteiger partial charge is 0.157 e. The minimum absolute atomic E-state index is 0.0417. The van der Waals surface area contributed by atoms with Crippen LogP contribution >= 0.6 is 0 Å². The van der Waals surface area contributed by atoms with Crippen LogP contribution in [0.4, 0.5) is 0 Å². The zero-order valence-electron chi connectivity index (χ0n) is 12.9. The van der Waals surface area contributed by atoms with E-state index < -0.39 is 0 Å². The number of likely N-dealkylation sites (tertiary alicyclic amines) is 1. The molecule has 2 atom stereocenters. The number of carbonyl (C=O) groups excluding carboxylic acids is 1. The van der Waals surface area contributed by atoms with Crippen LogP contribution < -0.4 is 5.43 Å². The Morgan fingerprint density at radius 2 is 2.33 bits per heavy atom. The van der Waals surface area contributed by atoms with Gasteiger partial charge < -0.3 is 0 Å². The van der Waals surface area contributed by atoms with E-state index in [9.17, 15) is 4.79 Å². The van der Waals surface area contributed by atoms with Gasteiger partial charge in [-0.1, -0.05) is 19.4 Å². The first-order valence-electron chi connectivity index (χ1n) is 7.86. The Bertz CT molecular complexity index is 508. The van der Waals surface area contributed by atoms with E-state index in [1.807, 2.05) is 13.3 Å². The van der Waals surface area contributed by atoms with Crippen molar-refractivity contribution in [1.82, 2.24) is 15.3 Å². The number of allylic oxidation sites excluding steroid dienone is 1. The molecule has 5 heteroatoms. The maximum absolute atomic E-state index is 11.9. The number of Topliss-reactive ketones (excluding diaryl/α,β-unsaturated/α-hetero) is 1. The molecule has 0 radical (unpaired) electrons. The van der Waals surface area contributed by atoms with E-state index in [-0.39, 0.29) is 12.2 Å². The highest BCUT2D eigenvalue weighted by atomic mass is 16.1. The number of hydrogen-bond donors (Lipinski definition) is 1. The summed E-state index contributed by atoms with van der Waals surface area (Å²) in [6.07, 6.45) is 10.2. The molecular formula is C16H24N4O. The molecule has 1 saturated heterocycles. The summed E-state index contributed by atoms with van der Waals surface area (Å²) in [5, 5.41) is 2.09. The number of fused-ring (bicyclic) bond motifs is 3. The minimum Gasteiger partial charge on any atom is -0.298 e. The Hall–Kier alpha value is -1.46. The molecule has 3 heterocycles. The fraction of sp³-hybridized carbons (Fsp3) is 0.625. The largest absolute Gasteiger partial charge is 0.298 e. The average molecular weight is 288 g/mol. The normalized spacial score (nSPS) is 28.9. The number of likely N-dealkylation sites (N-methyl/N-ethyl adjacent to an activating group) is 1. The summed E-state index contributed by atoms with van der Waals surface area (Å²) in [5.74, 6) is 0.298. The molecule has 3 rings (SSSR count). The van der Waals surface area contributed by atoms with Crippen LogP contribution in [-0.2, 0) is 4.79 Å². The molecule has 0 bridgehead atoms. The minimum atomic E-state index is 0.0417. The van der Waals surface area contributed by atoms with Crippen molar-refractivity contribution in [2.45, 2.75) is 44.8 Å². The van der Waals surface area contributed by atoms with Crippen LogP contribution in [0.15, 0.2) is 28.4 Å². The van der Waals surface area contributed by atoms with Crippen LogP contribution in [0.1, 0.15) is 32.6 Å². The summed E-state index contributed by atoms with van der Waals surface area (Å²) in [5.41, 5.74) is 5.96. The van der Waals surface area contributed by atoms with Gasteiger partial charge in [0.25, 0.3) is 0 Å². The third-order valence-electron chi connectivity index (χ3n) is 4.33. The Morgan fingerprint density at radius 3 is 3.14 bits per heavy atom. The third kappa shape index (κ3) is 2.80. The molecule has 0 aromatic carbocycles. The Balaban J connectivity index is 1.88. The number of nitrogens with zero attached hydrogens (tertiary/aromatic N) is 3. The van der Waals surface area contributed by atoms with Crippen molar-refractivity contribution < 1.29 is 4.79 Å². The number of aliphatic imine (C=N–C) groups is 1. The van der Waals surface area contributed by atoms with Crippen molar-refractivity contribution in [2.75, 3.05) is 20.1 Å². The van der Waals surface area contributed by atoms with Crippen molar-refractivity contribution >= 4 is 12.0 Å². The summed E-state index contributed by atoms with van der Waals surface area (Å²) >= 11 is 0. The van der Waals surface area contributed by atoms with E-state index in [0.29, 0.717) is 18.7 Å². The van der Waals surface area contributed by atoms with Crippen molar-refractivity contribution in [3.8, 4) is 0 Å². The predicted octanol–water partition coefficient (Wildman–Crippen LogP) is 1.49. The van der Waals surface area contributed by atoms with Gasteiger partial charge in [0.05, 0.1) is 12.6 Å². The third-order valence-corrected chi connectivity index (χ3v) is 4.33. The number of hydrazine groups is 1. The van der Waals surface area contributed by atoms with Gasteiger partial charge in [-0.2, -0.15) is 0 Å². The van der Waals surface area contributed by atoms with Gasteiger partial charge in [-0.3, -0.25) is 19.7 Å². The Labute approximate surface area is 126 Å². The zero-order valence-corrected chi connectivity index (χ0v) is 12.9. The quantitative estimate of drug-likeness (QED) is 0.629. The van der Waals surface area contributed by atoms with Crippen LogP contribution in [0.3, 0.4) is 0 Å². The van der Waals surface area contributed by atoms with Gasteiger partial charge in [0.2, 0.25) is 0 Å². The Kier molecular flexibility index (Phi) is 4.22. The lowest BCUT2D eigenvalue weighted by molar-refractivity contribution is -0.121. The van der Waals surface area contributed by atoms with Gasteiger partial charge in [0.1, 0.15) is 0 Å². The molecular weight excluding hydrogens is 264 g/mol. The molecule has 114 valence electrons. The number of piperidine rings is 1. The van der Waals surface area contributed by atoms with E-state index in [4.69, 9.17) is 0 Å². The highest BCUT2D eigenvalue weighted by molar-refractivity contribution is 5.85. The van der Waals surface area contributed by atoms with Crippen LogP contribution in [0, 0.1) is 0 Å². The van der Waals surface area contributed by atoms with Crippen LogP contribution in [-0.4, -0.2) is 54.3 Å². The van der Waals surface area contributed by atoms with Gasteiger partial charge in [-0.05, 0) is 24.6 Å². The summed E-state index contributed by atoms with van der Waals surface area (Å²) in [4.78, 5) is 18.7. The molecule has 0 aromatic rings. The second-order valence-electron chi connectivity index (χ2n) is 6.05. The maximum atomic E-state index is 11.9. The number of unbranched alkanes of at least 4 members (excludes halogenated alkanes) is 1. The Morgan fingerprint density at radius 1 is 1.48 bits per heavy atom. The average Bonchev–Trinajstić information content (AvgIpc) is 2.46. The van der Waals surface area contributed by atoms with Gasteiger partial charge in [-0.25, -0.2) is 5.43 Å². The highest BCUT2D eigenvalue weighted by Gasteiger charge is 2.39. The topological polar surface area (TPSA) is 47.9 Å². The molecule has 2 unspecified atom stereocenters. The monoisotopic (exact) mass is 288 g/mol. The second kappa shape index (κ2) is 6.12. The summed E-state index contributed by atoms with van der Waals surface area (Å²) in [7, 11) is 2.03. The van der Waals surface area contributed by atoms with E-state index in [1.54, 1.807) is 0 Å². The number of dihydropyridines is 1. The van der Waals surface area contributed by atoms with Crippen LogP contribution in [0.5, 0.6) is 0 Å². The molecule has 0 spiro atoms. The molecule has 3 aliphatic heterocycles. The number of hydrogen-bond acceptors (Lipinski definition) is 5. The molecule has 0 aromatic heterocycles. The summed E-state index contributed by atoms with van der Waals surface area (Å²) < 4.78 is 0. The highest BCUT2D eigenvalue weighted by Crippen LogP contribution is 2.35. The lowest BCUT2D eigenvalue weighted by Crippen LogP contribution is -2.55. The molecule has 0 amide bonds. The van der Waals surface area contributed by atoms with E-state index in [1.165, 1.54) is 11.1 Å². The first-order valence-corrected chi connectivity index (χ1v) is 7.86. The molecule has 3 aliphatic rings. The van der Waals surface area contributed by atoms with E-state index >= 15 is 0 Å².